The lowest BCUT2D eigenvalue weighted by atomic mass is 10.2. The molecule has 1 amide bonds. The van der Waals surface area contributed by atoms with Gasteiger partial charge in [0.05, 0.1) is 11.5 Å². The molecule has 0 aliphatic carbocycles. The van der Waals surface area contributed by atoms with Gasteiger partial charge in [0, 0.05) is 25.4 Å². The number of nitrogens with one attached hydrogen (secondary N) is 1. The summed E-state index contributed by atoms with van der Waals surface area (Å²) in [5.41, 5.74) is 0.695. The molecule has 0 aliphatic rings. The summed E-state index contributed by atoms with van der Waals surface area (Å²) in [5, 5.41) is 2.72. The number of carbonyl (C=O) groups excluding carboxylic acids is 1. The molecule has 0 aliphatic heterocycles. The first kappa shape index (κ1) is 21.5. The summed E-state index contributed by atoms with van der Waals surface area (Å²) in [6.07, 6.45) is 1.60. The smallest absolute Gasteiger partial charge is 0.287 e. The first-order valence-electron chi connectivity index (χ1n) is 9.20. The van der Waals surface area contributed by atoms with Gasteiger partial charge in [-0.1, -0.05) is 24.3 Å². The van der Waals surface area contributed by atoms with Crippen LogP contribution in [0.4, 0.5) is 0 Å². The number of rotatable bonds is 10. The van der Waals surface area contributed by atoms with E-state index >= 15 is 0 Å². The third-order valence-corrected chi connectivity index (χ3v) is 5.79. The number of sulfone groups is 1. The SMILES string of the molecule is COCCOc1ncccc1CNC(=O)c1ccc(CS(=O)(=O)c2ccccc2)o1. The highest BCUT2D eigenvalue weighted by molar-refractivity contribution is 7.90. The van der Waals surface area contributed by atoms with Gasteiger partial charge in [0.2, 0.25) is 5.88 Å². The van der Waals surface area contributed by atoms with Crippen LogP contribution < -0.4 is 10.1 Å². The molecular formula is C21H22N2O6S. The average molecular weight is 430 g/mol. The minimum atomic E-state index is -3.56. The number of furan rings is 1. The van der Waals surface area contributed by atoms with Crippen molar-refractivity contribution in [1.82, 2.24) is 10.3 Å². The van der Waals surface area contributed by atoms with Gasteiger partial charge in [-0.3, -0.25) is 4.79 Å². The molecule has 3 aromatic rings. The first-order chi connectivity index (χ1) is 14.5. The minimum absolute atomic E-state index is 0.0269. The van der Waals surface area contributed by atoms with Crippen molar-refractivity contribution >= 4 is 15.7 Å². The van der Waals surface area contributed by atoms with E-state index in [2.05, 4.69) is 10.3 Å². The second kappa shape index (κ2) is 10.0. The van der Waals surface area contributed by atoms with Gasteiger partial charge in [-0.05, 0) is 30.3 Å². The normalized spacial score (nSPS) is 11.2. The van der Waals surface area contributed by atoms with Crippen LogP contribution in [0.5, 0.6) is 5.88 Å². The summed E-state index contributed by atoms with van der Waals surface area (Å²) in [5.74, 6) is -0.174. The summed E-state index contributed by atoms with van der Waals surface area (Å²) in [7, 11) is -1.98. The number of nitrogens with zero attached hydrogens (tertiary/aromatic N) is 1. The molecule has 1 aromatic carbocycles. The van der Waals surface area contributed by atoms with Crippen molar-refractivity contribution < 1.29 is 27.1 Å². The molecule has 0 saturated carbocycles. The molecule has 1 N–H and O–H groups in total. The number of benzene rings is 1. The van der Waals surface area contributed by atoms with Crippen molar-refractivity contribution in [3.63, 3.8) is 0 Å². The van der Waals surface area contributed by atoms with E-state index in [4.69, 9.17) is 13.9 Å². The Morgan fingerprint density at radius 1 is 1.07 bits per heavy atom. The molecule has 0 saturated heterocycles. The van der Waals surface area contributed by atoms with Crippen LogP contribution in [0.15, 0.2) is 70.1 Å². The Morgan fingerprint density at radius 2 is 1.87 bits per heavy atom. The second-order valence-electron chi connectivity index (χ2n) is 6.33. The maximum atomic E-state index is 12.4. The summed E-state index contributed by atoms with van der Waals surface area (Å²) in [4.78, 5) is 16.8. The molecule has 0 atom stereocenters. The molecular weight excluding hydrogens is 408 g/mol. The summed E-state index contributed by atoms with van der Waals surface area (Å²) in [6.45, 7) is 0.933. The minimum Gasteiger partial charge on any atom is -0.475 e. The number of hydrogen-bond donors (Lipinski definition) is 1. The average Bonchev–Trinajstić information content (AvgIpc) is 3.21. The van der Waals surface area contributed by atoms with Crippen LogP contribution in [0.2, 0.25) is 0 Å². The molecule has 0 fully saturated rings. The van der Waals surface area contributed by atoms with Crippen LogP contribution in [0.25, 0.3) is 0 Å². The van der Waals surface area contributed by atoms with Crippen molar-refractivity contribution in [3.05, 3.63) is 77.9 Å². The van der Waals surface area contributed by atoms with Gasteiger partial charge in [0.25, 0.3) is 5.91 Å². The molecule has 0 radical (unpaired) electrons. The van der Waals surface area contributed by atoms with Crippen molar-refractivity contribution in [2.75, 3.05) is 20.3 Å². The van der Waals surface area contributed by atoms with Crippen LogP contribution in [0, 0.1) is 0 Å². The van der Waals surface area contributed by atoms with Crippen molar-refractivity contribution in [3.8, 4) is 5.88 Å². The number of pyridine rings is 1. The molecule has 2 aromatic heterocycles. The zero-order valence-corrected chi connectivity index (χ0v) is 17.2. The standard InChI is InChI=1S/C21H22N2O6S/c1-27-12-13-28-21-16(6-5-11-22-21)14-23-20(24)19-10-9-17(29-19)15-30(25,26)18-7-3-2-4-8-18/h2-11H,12-15H2,1H3,(H,23,24). The number of aromatic nitrogens is 1. The number of ether oxygens (including phenoxy) is 2. The fraction of sp³-hybridized carbons (Fsp3) is 0.238. The highest BCUT2D eigenvalue weighted by Gasteiger charge is 2.19. The lowest BCUT2D eigenvalue weighted by Gasteiger charge is -2.10. The molecule has 30 heavy (non-hydrogen) atoms. The second-order valence-corrected chi connectivity index (χ2v) is 8.32. The highest BCUT2D eigenvalue weighted by Crippen LogP contribution is 2.19. The Bertz CT molecular complexity index is 1080. The Morgan fingerprint density at radius 3 is 2.63 bits per heavy atom. The molecule has 0 unspecified atom stereocenters. The van der Waals surface area contributed by atoms with Gasteiger partial charge in [0.1, 0.15) is 18.1 Å². The third kappa shape index (κ3) is 5.68. The predicted molar refractivity (Wildman–Crippen MR) is 109 cm³/mol. The summed E-state index contributed by atoms with van der Waals surface area (Å²) in [6, 6.07) is 14.5. The van der Waals surface area contributed by atoms with Crippen molar-refractivity contribution in [1.29, 1.82) is 0 Å². The molecule has 158 valence electrons. The van der Waals surface area contributed by atoms with E-state index in [-0.39, 0.29) is 28.7 Å². The summed E-state index contributed by atoms with van der Waals surface area (Å²) >= 11 is 0. The van der Waals surface area contributed by atoms with E-state index in [0.29, 0.717) is 24.7 Å². The number of methoxy groups -OCH3 is 1. The number of amides is 1. The molecule has 3 rings (SSSR count). The van der Waals surface area contributed by atoms with E-state index in [0.717, 1.165) is 0 Å². The van der Waals surface area contributed by atoms with Crippen LogP contribution in [0.3, 0.4) is 0 Å². The van der Waals surface area contributed by atoms with Crippen molar-refractivity contribution in [2.24, 2.45) is 0 Å². The predicted octanol–water partition coefficient (Wildman–Crippen LogP) is 2.60. The summed E-state index contributed by atoms with van der Waals surface area (Å²) < 4.78 is 40.8. The maximum Gasteiger partial charge on any atom is 0.287 e. The molecule has 0 spiro atoms. The zero-order valence-electron chi connectivity index (χ0n) is 16.4. The quantitative estimate of drug-likeness (QED) is 0.493. The van der Waals surface area contributed by atoms with Crippen molar-refractivity contribution in [2.45, 2.75) is 17.2 Å². The molecule has 8 nitrogen and oxygen atoms in total. The zero-order chi connectivity index (χ0) is 21.4. The first-order valence-corrected chi connectivity index (χ1v) is 10.8. The number of hydrogen-bond acceptors (Lipinski definition) is 7. The van der Waals surface area contributed by atoms with E-state index in [1.54, 1.807) is 43.6 Å². The van der Waals surface area contributed by atoms with E-state index in [1.807, 2.05) is 0 Å². The largest absolute Gasteiger partial charge is 0.475 e. The topological polar surface area (TPSA) is 108 Å². The molecule has 9 heteroatoms. The number of carbonyl (C=O) groups is 1. The molecule has 2 heterocycles. The van der Waals surface area contributed by atoms with Gasteiger partial charge in [-0.25, -0.2) is 13.4 Å². The van der Waals surface area contributed by atoms with Crippen LogP contribution in [0.1, 0.15) is 21.9 Å². The monoisotopic (exact) mass is 430 g/mol. The van der Waals surface area contributed by atoms with Gasteiger partial charge < -0.3 is 19.2 Å². The Balaban J connectivity index is 1.61. The van der Waals surface area contributed by atoms with Gasteiger partial charge >= 0.3 is 0 Å². The van der Waals surface area contributed by atoms with Crippen LogP contribution in [-0.4, -0.2) is 39.6 Å². The lowest BCUT2D eigenvalue weighted by molar-refractivity contribution is 0.0921. The fourth-order valence-corrected chi connectivity index (χ4v) is 3.92. The fourth-order valence-electron chi connectivity index (χ4n) is 2.65. The van der Waals surface area contributed by atoms with E-state index in [1.165, 1.54) is 24.3 Å². The van der Waals surface area contributed by atoms with Crippen LogP contribution >= 0.6 is 0 Å². The third-order valence-electron chi connectivity index (χ3n) is 4.14. The van der Waals surface area contributed by atoms with Gasteiger partial charge in [-0.2, -0.15) is 0 Å². The Labute approximate surface area is 174 Å². The maximum absolute atomic E-state index is 12.4. The molecule has 0 bridgehead atoms. The van der Waals surface area contributed by atoms with E-state index < -0.39 is 15.7 Å². The van der Waals surface area contributed by atoms with E-state index in [9.17, 15) is 13.2 Å². The van der Waals surface area contributed by atoms with Gasteiger partial charge in [-0.15, -0.1) is 0 Å². The van der Waals surface area contributed by atoms with Crippen LogP contribution in [-0.2, 0) is 26.9 Å². The highest BCUT2D eigenvalue weighted by atomic mass is 32.2. The Hall–Kier alpha value is -3.17. The Kier molecular flexibility index (Phi) is 7.21. The van der Waals surface area contributed by atoms with Gasteiger partial charge in [0.15, 0.2) is 15.6 Å². The lowest BCUT2D eigenvalue weighted by Crippen LogP contribution is -2.23.